The summed E-state index contributed by atoms with van der Waals surface area (Å²) in [5, 5.41) is 12.1. The first kappa shape index (κ1) is 32.1. The number of aryl methyl sites for hydroxylation is 1. The lowest BCUT2D eigenvalue weighted by molar-refractivity contribution is -0.232. The van der Waals surface area contributed by atoms with Gasteiger partial charge in [0.15, 0.2) is 6.29 Å². The molecule has 1 aliphatic rings. The van der Waals surface area contributed by atoms with Crippen molar-refractivity contribution in [3.05, 3.63) is 130 Å². The van der Waals surface area contributed by atoms with Crippen LogP contribution in [0.2, 0.25) is 10.1 Å². The Bertz CT molecular complexity index is 1510. The molecule has 0 radical (unpaired) electrons. The second-order valence-electron chi connectivity index (χ2n) is 12.5. The fraction of sp³-hybridized carbons (Fsp3) is 0.324. The van der Waals surface area contributed by atoms with E-state index < -0.39 is 20.6 Å². The Labute approximate surface area is 266 Å². The molecule has 5 nitrogen and oxygen atoms in total. The number of carboxylic acids is 1. The van der Waals surface area contributed by atoms with Crippen LogP contribution in [0.4, 0.5) is 0 Å². The highest BCUT2D eigenvalue weighted by atomic mass is 35.5. The molecule has 230 valence electrons. The zero-order valence-electron chi connectivity index (χ0n) is 25.8. The highest BCUT2D eigenvalue weighted by molar-refractivity contribution is 6.99. The van der Waals surface area contributed by atoms with Gasteiger partial charge in [0.25, 0.3) is 8.32 Å². The first-order chi connectivity index (χ1) is 21.1. The maximum Gasteiger partial charge on any atom is 0.303 e. The molecule has 4 aromatic carbocycles. The second-order valence-corrected chi connectivity index (χ2v) is 17.2. The van der Waals surface area contributed by atoms with Gasteiger partial charge in [0, 0.05) is 22.9 Å². The van der Waals surface area contributed by atoms with Crippen LogP contribution in [0.15, 0.2) is 103 Å². The lowest BCUT2D eigenvalue weighted by Crippen LogP contribution is -2.67. The molecule has 0 bridgehead atoms. The first-order valence-corrected chi connectivity index (χ1v) is 17.5. The molecule has 0 spiro atoms. The van der Waals surface area contributed by atoms with Gasteiger partial charge in [-0.3, -0.25) is 4.79 Å². The third-order valence-electron chi connectivity index (χ3n) is 8.71. The van der Waals surface area contributed by atoms with Gasteiger partial charge >= 0.3 is 5.97 Å². The van der Waals surface area contributed by atoms with E-state index >= 15 is 0 Å². The molecule has 1 aliphatic heterocycles. The average molecular weight is 629 g/mol. The molecule has 3 atom stereocenters. The van der Waals surface area contributed by atoms with E-state index in [9.17, 15) is 9.90 Å². The number of carbonyl (C=O) groups is 1. The summed E-state index contributed by atoms with van der Waals surface area (Å²) in [6.07, 6.45) is -0.436. The predicted molar refractivity (Wildman–Crippen MR) is 178 cm³/mol. The highest BCUT2D eigenvalue weighted by Gasteiger charge is 2.51. The van der Waals surface area contributed by atoms with E-state index in [0.717, 1.165) is 22.3 Å². The molecular formula is C37H41ClO5Si. The molecule has 0 amide bonds. The van der Waals surface area contributed by atoms with E-state index in [1.165, 1.54) is 10.4 Å². The Balaban J connectivity index is 1.56. The third-order valence-corrected chi connectivity index (χ3v) is 14.1. The van der Waals surface area contributed by atoms with E-state index in [0.29, 0.717) is 24.7 Å². The fourth-order valence-electron chi connectivity index (χ4n) is 6.45. The number of halogens is 1. The van der Waals surface area contributed by atoms with E-state index in [1.807, 2.05) is 48.5 Å². The zero-order chi connectivity index (χ0) is 31.3. The van der Waals surface area contributed by atoms with Gasteiger partial charge in [-0.15, -0.1) is 0 Å². The van der Waals surface area contributed by atoms with Crippen molar-refractivity contribution in [3.8, 4) is 0 Å². The topological polar surface area (TPSA) is 65.0 Å². The predicted octanol–water partition coefficient (Wildman–Crippen LogP) is 7.44. The number of hydrogen-bond acceptors (Lipinski definition) is 4. The van der Waals surface area contributed by atoms with Gasteiger partial charge in [-0.25, -0.2) is 0 Å². The van der Waals surface area contributed by atoms with Crippen molar-refractivity contribution in [1.29, 1.82) is 0 Å². The van der Waals surface area contributed by atoms with Crippen LogP contribution in [0.1, 0.15) is 61.7 Å². The Morgan fingerprint density at radius 2 is 1.48 bits per heavy atom. The van der Waals surface area contributed by atoms with Gasteiger partial charge in [-0.05, 0) is 51.5 Å². The van der Waals surface area contributed by atoms with Gasteiger partial charge in [0.1, 0.15) is 0 Å². The quantitative estimate of drug-likeness (QED) is 0.185. The molecule has 5 rings (SSSR count). The van der Waals surface area contributed by atoms with Crippen LogP contribution in [-0.2, 0) is 25.1 Å². The monoisotopic (exact) mass is 628 g/mol. The van der Waals surface area contributed by atoms with Crippen LogP contribution >= 0.6 is 11.6 Å². The van der Waals surface area contributed by atoms with Crippen molar-refractivity contribution >= 4 is 36.3 Å². The fourth-order valence-corrected chi connectivity index (χ4v) is 11.2. The normalized spacial score (nSPS) is 19.1. The zero-order valence-corrected chi connectivity index (χ0v) is 27.6. The first-order valence-electron chi connectivity index (χ1n) is 15.2. The van der Waals surface area contributed by atoms with Crippen LogP contribution in [0.5, 0.6) is 0 Å². The van der Waals surface area contributed by atoms with Crippen LogP contribution in [0, 0.1) is 6.92 Å². The van der Waals surface area contributed by atoms with Crippen LogP contribution in [0.25, 0.3) is 0 Å². The molecule has 3 unspecified atom stereocenters. The molecule has 4 aromatic rings. The number of rotatable bonds is 10. The van der Waals surface area contributed by atoms with Gasteiger partial charge in [0.2, 0.25) is 0 Å². The smallest absolute Gasteiger partial charge is 0.303 e. The largest absolute Gasteiger partial charge is 0.481 e. The number of benzene rings is 4. The van der Waals surface area contributed by atoms with Gasteiger partial charge in [-0.2, -0.15) is 0 Å². The molecule has 0 saturated carbocycles. The van der Waals surface area contributed by atoms with Crippen molar-refractivity contribution in [2.24, 2.45) is 0 Å². The summed E-state index contributed by atoms with van der Waals surface area (Å²) < 4.78 is 20.5. The molecule has 44 heavy (non-hydrogen) atoms. The van der Waals surface area contributed by atoms with Crippen LogP contribution in [-0.4, -0.2) is 38.7 Å². The highest BCUT2D eigenvalue weighted by Crippen LogP contribution is 2.41. The Hall–Kier alpha value is -3.26. The summed E-state index contributed by atoms with van der Waals surface area (Å²) in [5.41, 5.74) is 3.96. The average Bonchev–Trinajstić information content (AvgIpc) is 3.01. The minimum atomic E-state index is -2.84. The van der Waals surface area contributed by atoms with Gasteiger partial charge in [0.05, 0.1) is 19.3 Å². The molecule has 0 aliphatic carbocycles. The van der Waals surface area contributed by atoms with E-state index in [-0.39, 0.29) is 23.5 Å². The maximum absolute atomic E-state index is 11.4. The summed E-state index contributed by atoms with van der Waals surface area (Å²) in [6, 6.07) is 34.9. The minimum absolute atomic E-state index is 0.0803. The molecular weight excluding hydrogens is 588 g/mol. The summed E-state index contributed by atoms with van der Waals surface area (Å²) in [7, 11) is -2.84. The van der Waals surface area contributed by atoms with Crippen LogP contribution < -0.4 is 10.4 Å². The van der Waals surface area contributed by atoms with E-state index in [4.69, 9.17) is 25.5 Å². The molecule has 1 heterocycles. The number of ether oxygens (including phenoxy) is 2. The summed E-state index contributed by atoms with van der Waals surface area (Å²) in [4.78, 5) is 11.4. The number of carboxylic acid groups (broad SMARTS) is 1. The van der Waals surface area contributed by atoms with Gasteiger partial charge in [-0.1, -0.05) is 129 Å². The van der Waals surface area contributed by atoms with Gasteiger partial charge < -0.3 is 19.0 Å². The molecule has 1 N–H and O–H groups in total. The van der Waals surface area contributed by atoms with Crippen molar-refractivity contribution in [2.45, 2.75) is 63.9 Å². The third kappa shape index (κ3) is 6.70. The summed E-state index contributed by atoms with van der Waals surface area (Å²) in [5.74, 6) is -0.935. The molecule has 1 saturated heterocycles. The Morgan fingerprint density at radius 1 is 0.886 bits per heavy atom. The molecule has 0 aromatic heterocycles. The SMILES string of the molecule is Cc1c(CCC(=O)O)cccc1C1COC(c2ccccc2Cl)OC1CO[Si](c1ccccc1)(c1ccccc1)C(C)(C)C. The lowest BCUT2D eigenvalue weighted by Gasteiger charge is -2.45. The maximum atomic E-state index is 11.4. The van der Waals surface area contributed by atoms with Crippen LogP contribution in [0.3, 0.4) is 0 Å². The Kier molecular flexibility index (Phi) is 10.1. The molecule has 7 heteroatoms. The standard InChI is InChI=1S/C37H41ClO5Si/c1-26-27(22-23-35(39)40)14-13-20-30(26)32-24-41-36(31-19-11-12-21-33(31)38)43-34(32)25-42-44(37(2,3)4,28-15-7-5-8-16-28)29-17-9-6-10-18-29/h5-21,32,34,36H,22-25H2,1-4H3,(H,39,40). The minimum Gasteiger partial charge on any atom is -0.481 e. The van der Waals surface area contributed by atoms with Crippen molar-refractivity contribution < 1.29 is 23.8 Å². The lowest BCUT2D eigenvalue weighted by atomic mass is 9.87. The summed E-state index contributed by atoms with van der Waals surface area (Å²) >= 11 is 6.60. The summed E-state index contributed by atoms with van der Waals surface area (Å²) in [6.45, 7) is 9.63. The van der Waals surface area contributed by atoms with E-state index in [1.54, 1.807) is 0 Å². The van der Waals surface area contributed by atoms with E-state index in [2.05, 4.69) is 82.3 Å². The van der Waals surface area contributed by atoms with Crippen molar-refractivity contribution in [3.63, 3.8) is 0 Å². The number of hydrogen-bond donors (Lipinski definition) is 1. The second kappa shape index (κ2) is 13.8. The van der Waals surface area contributed by atoms with Crippen molar-refractivity contribution in [2.75, 3.05) is 13.2 Å². The Morgan fingerprint density at radius 3 is 2.07 bits per heavy atom. The number of aliphatic carboxylic acids is 1. The van der Waals surface area contributed by atoms with Crippen molar-refractivity contribution in [1.82, 2.24) is 0 Å². The molecule has 1 fully saturated rings.